The number of rotatable bonds is 0. The predicted octanol–water partition coefficient (Wildman–Crippen LogP) is 2.32. The zero-order chi connectivity index (χ0) is 7.90. The quantitative estimate of drug-likeness (QED) is 0.563. The first-order valence-electron chi connectivity index (χ1n) is 4.97. The first kappa shape index (κ1) is 7.60. The van der Waals surface area contributed by atoms with E-state index in [0.717, 1.165) is 12.1 Å². The van der Waals surface area contributed by atoms with Gasteiger partial charge >= 0.3 is 0 Å². The molecule has 1 heteroatoms. The van der Waals surface area contributed by atoms with Gasteiger partial charge in [0.25, 0.3) is 0 Å². The van der Waals surface area contributed by atoms with Crippen LogP contribution in [0, 0.1) is 5.41 Å². The van der Waals surface area contributed by atoms with E-state index in [1.807, 2.05) is 0 Å². The molecule has 0 bridgehead atoms. The molecule has 1 saturated heterocycles. The Bertz CT molecular complexity index is 155. The van der Waals surface area contributed by atoms with E-state index in [1.165, 1.54) is 32.1 Å². The fourth-order valence-corrected chi connectivity index (χ4v) is 3.03. The zero-order valence-electron chi connectivity index (χ0n) is 7.69. The van der Waals surface area contributed by atoms with E-state index in [2.05, 4.69) is 19.2 Å². The minimum Gasteiger partial charge on any atom is -0.311 e. The third-order valence-electron chi connectivity index (χ3n) is 3.59. The highest BCUT2D eigenvalue weighted by Crippen LogP contribution is 2.43. The van der Waals surface area contributed by atoms with Crippen molar-refractivity contribution in [2.45, 2.75) is 58.0 Å². The first-order valence-corrected chi connectivity index (χ1v) is 4.97. The van der Waals surface area contributed by atoms with Crippen molar-refractivity contribution in [3.05, 3.63) is 0 Å². The average molecular weight is 153 g/mol. The highest BCUT2D eigenvalue weighted by atomic mass is 15.0. The van der Waals surface area contributed by atoms with E-state index in [-0.39, 0.29) is 0 Å². The summed E-state index contributed by atoms with van der Waals surface area (Å²) in [5.41, 5.74) is 0.650. The van der Waals surface area contributed by atoms with Crippen LogP contribution in [0.25, 0.3) is 0 Å². The van der Waals surface area contributed by atoms with Crippen LogP contribution in [0.1, 0.15) is 46.0 Å². The fraction of sp³-hybridized carbons (Fsp3) is 1.00. The van der Waals surface area contributed by atoms with Crippen LogP contribution in [0.4, 0.5) is 0 Å². The third kappa shape index (κ3) is 1.20. The normalized spacial score (nSPS) is 50.7. The van der Waals surface area contributed by atoms with Gasteiger partial charge in [0.2, 0.25) is 0 Å². The van der Waals surface area contributed by atoms with Gasteiger partial charge in [-0.1, -0.05) is 19.8 Å². The first-order chi connectivity index (χ1) is 5.21. The van der Waals surface area contributed by atoms with Crippen LogP contribution < -0.4 is 5.32 Å². The molecule has 0 aromatic carbocycles. The minimum absolute atomic E-state index is 0.650. The molecular weight excluding hydrogens is 134 g/mol. The van der Waals surface area contributed by atoms with E-state index in [4.69, 9.17) is 0 Å². The summed E-state index contributed by atoms with van der Waals surface area (Å²) in [5.74, 6) is 0. The van der Waals surface area contributed by atoms with Crippen LogP contribution >= 0.6 is 0 Å². The summed E-state index contributed by atoms with van der Waals surface area (Å²) in [5, 5.41) is 3.70. The molecule has 3 atom stereocenters. The highest BCUT2D eigenvalue weighted by molar-refractivity contribution is 4.99. The molecule has 0 spiro atoms. The van der Waals surface area contributed by atoms with Crippen LogP contribution in [0.15, 0.2) is 0 Å². The molecule has 2 fully saturated rings. The zero-order valence-corrected chi connectivity index (χ0v) is 7.69. The molecule has 1 nitrogen and oxygen atoms in total. The SMILES string of the molecule is CC1C[C@]2(C)CCCCC2N1. The minimum atomic E-state index is 0.650. The summed E-state index contributed by atoms with van der Waals surface area (Å²) >= 11 is 0. The molecule has 2 unspecified atom stereocenters. The van der Waals surface area contributed by atoms with Gasteiger partial charge in [0.15, 0.2) is 0 Å². The topological polar surface area (TPSA) is 12.0 Å². The van der Waals surface area contributed by atoms with Gasteiger partial charge in [-0.05, 0) is 31.6 Å². The average Bonchev–Trinajstić information content (AvgIpc) is 2.22. The van der Waals surface area contributed by atoms with Gasteiger partial charge in [0, 0.05) is 12.1 Å². The molecule has 64 valence electrons. The predicted molar refractivity (Wildman–Crippen MR) is 47.6 cm³/mol. The summed E-state index contributed by atoms with van der Waals surface area (Å²) in [6.45, 7) is 4.79. The Kier molecular flexibility index (Phi) is 1.71. The molecule has 0 aromatic rings. The molecule has 2 rings (SSSR count). The van der Waals surface area contributed by atoms with Crippen molar-refractivity contribution in [2.75, 3.05) is 0 Å². The van der Waals surface area contributed by atoms with Gasteiger partial charge in [-0.2, -0.15) is 0 Å². The van der Waals surface area contributed by atoms with E-state index in [9.17, 15) is 0 Å². The molecule has 0 radical (unpaired) electrons. The Morgan fingerprint density at radius 1 is 1.36 bits per heavy atom. The molecule has 1 aliphatic heterocycles. The second-order valence-corrected chi connectivity index (χ2v) is 4.72. The third-order valence-corrected chi connectivity index (χ3v) is 3.59. The second-order valence-electron chi connectivity index (χ2n) is 4.72. The Hall–Kier alpha value is -0.0400. The Balaban J connectivity index is 2.11. The maximum atomic E-state index is 3.70. The smallest absolute Gasteiger partial charge is 0.0124 e. The Labute approximate surface area is 69.6 Å². The fourth-order valence-electron chi connectivity index (χ4n) is 3.03. The Morgan fingerprint density at radius 2 is 2.18 bits per heavy atom. The molecule has 0 amide bonds. The van der Waals surface area contributed by atoms with Crippen molar-refractivity contribution < 1.29 is 0 Å². The molecule has 1 heterocycles. The standard InChI is InChI=1S/C10H19N/c1-8-7-10(2)6-4-3-5-9(10)11-8/h8-9,11H,3-7H2,1-2H3/t8?,9?,10-/m0/s1. The lowest BCUT2D eigenvalue weighted by Crippen LogP contribution is -2.37. The Morgan fingerprint density at radius 3 is 2.91 bits per heavy atom. The molecule has 2 aliphatic rings. The van der Waals surface area contributed by atoms with Gasteiger partial charge in [-0.15, -0.1) is 0 Å². The number of nitrogens with one attached hydrogen (secondary N) is 1. The lowest BCUT2D eigenvalue weighted by atomic mass is 9.72. The summed E-state index contributed by atoms with van der Waals surface area (Å²) in [6, 6.07) is 1.61. The van der Waals surface area contributed by atoms with Gasteiger partial charge in [-0.3, -0.25) is 0 Å². The van der Waals surface area contributed by atoms with E-state index in [1.54, 1.807) is 0 Å². The van der Waals surface area contributed by atoms with Gasteiger partial charge in [0.05, 0.1) is 0 Å². The number of fused-ring (bicyclic) bond motifs is 1. The summed E-state index contributed by atoms with van der Waals surface area (Å²) < 4.78 is 0. The van der Waals surface area contributed by atoms with Crippen LogP contribution in [0.3, 0.4) is 0 Å². The summed E-state index contributed by atoms with van der Waals surface area (Å²) in [4.78, 5) is 0. The molecule has 0 aromatic heterocycles. The summed E-state index contributed by atoms with van der Waals surface area (Å²) in [6.07, 6.45) is 7.18. The maximum Gasteiger partial charge on any atom is 0.0124 e. The molecule has 1 N–H and O–H groups in total. The lowest BCUT2D eigenvalue weighted by Gasteiger charge is -2.35. The van der Waals surface area contributed by atoms with Crippen molar-refractivity contribution in [2.24, 2.45) is 5.41 Å². The van der Waals surface area contributed by atoms with Gasteiger partial charge in [-0.25, -0.2) is 0 Å². The van der Waals surface area contributed by atoms with Crippen molar-refractivity contribution >= 4 is 0 Å². The van der Waals surface area contributed by atoms with Gasteiger partial charge < -0.3 is 5.32 Å². The second kappa shape index (κ2) is 2.48. The van der Waals surface area contributed by atoms with E-state index >= 15 is 0 Å². The maximum absolute atomic E-state index is 3.70. The number of hydrogen-bond donors (Lipinski definition) is 1. The molecule has 1 aliphatic carbocycles. The van der Waals surface area contributed by atoms with E-state index in [0.29, 0.717) is 5.41 Å². The lowest BCUT2D eigenvalue weighted by molar-refractivity contribution is 0.197. The van der Waals surface area contributed by atoms with Crippen molar-refractivity contribution in [1.29, 1.82) is 0 Å². The monoisotopic (exact) mass is 153 g/mol. The van der Waals surface area contributed by atoms with Crippen LogP contribution in [-0.2, 0) is 0 Å². The largest absolute Gasteiger partial charge is 0.311 e. The molecular formula is C10H19N. The van der Waals surface area contributed by atoms with Crippen molar-refractivity contribution in [3.63, 3.8) is 0 Å². The molecule has 1 saturated carbocycles. The number of hydrogen-bond acceptors (Lipinski definition) is 1. The van der Waals surface area contributed by atoms with Gasteiger partial charge in [0.1, 0.15) is 0 Å². The van der Waals surface area contributed by atoms with Crippen LogP contribution in [0.5, 0.6) is 0 Å². The molecule has 11 heavy (non-hydrogen) atoms. The van der Waals surface area contributed by atoms with Crippen molar-refractivity contribution in [1.82, 2.24) is 5.32 Å². The highest BCUT2D eigenvalue weighted by Gasteiger charge is 2.42. The van der Waals surface area contributed by atoms with Crippen molar-refractivity contribution in [3.8, 4) is 0 Å². The summed E-state index contributed by atoms with van der Waals surface area (Å²) in [7, 11) is 0. The van der Waals surface area contributed by atoms with Crippen LogP contribution in [0.2, 0.25) is 0 Å². The van der Waals surface area contributed by atoms with Crippen LogP contribution in [-0.4, -0.2) is 12.1 Å². The van der Waals surface area contributed by atoms with E-state index < -0.39 is 0 Å².